The molecule has 0 bridgehead atoms. The van der Waals surface area contributed by atoms with E-state index < -0.39 is 46.1 Å². The fraction of sp³-hybridized carbons (Fsp3) is 0.526. The second-order valence-corrected chi connectivity index (χ2v) is 9.84. The largest absolute Gasteiger partial charge is 0.454 e. The number of hydrogen-bond acceptors (Lipinski definition) is 6. The normalized spacial score (nSPS) is 17.6. The van der Waals surface area contributed by atoms with E-state index in [9.17, 15) is 22.8 Å². The summed E-state index contributed by atoms with van der Waals surface area (Å²) in [5, 5.41) is 4.60. The van der Waals surface area contributed by atoms with Gasteiger partial charge in [0.2, 0.25) is 10.0 Å². The molecule has 2 rings (SSSR count). The lowest BCUT2D eigenvalue weighted by atomic mass is 10.1. The Morgan fingerprint density at radius 3 is 2.38 bits per heavy atom. The van der Waals surface area contributed by atoms with Gasteiger partial charge in [0.1, 0.15) is 6.04 Å². The van der Waals surface area contributed by atoms with Crippen molar-refractivity contribution < 1.29 is 27.5 Å². The van der Waals surface area contributed by atoms with Crippen molar-refractivity contribution in [2.45, 2.75) is 57.0 Å². The molecule has 1 fully saturated rings. The molecule has 0 aliphatic carbocycles. The molecule has 1 aliphatic heterocycles. The smallest absolute Gasteiger partial charge is 0.324 e. The molecule has 29 heavy (non-hydrogen) atoms. The Kier molecular flexibility index (Phi) is 7.02. The Morgan fingerprint density at radius 2 is 1.79 bits per heavy atom. The predicted octanol–water partition coefficient (Wildman–Crippen LogP) is 1.32. The molecule has 1 aromatic rings. The number of aryl methyl sites for hydroxylation is 1. The maximum atomic E-state index is 12.9. The highest BCUT2D eigenvalue weighted by atomic mass is 32.2. The van der Waals surface area contributed by atoms with Crippen molar-refractivity contribution in [3.05, 3.63) is 29.8 Å². The van der Waals surface area contributed by atoms with E-state index in [1.54, 1.807) is 32.9 Å². The molecule has 3 amide bonds. The Labute approximate surface area is 170 Å². The average molecular weight is 426 g/mol. The Hall–Kier alpha value is -2.46. The number of rotatable bonds is 5. The molecular weight excluding hydrogens is 398 g/mol. The molecule has 1 heterocycles. The fourth-order valence-electron chi connectivity index (χ4n) is 2.88. The first-order chi connectivity index (χ1) is 13.4. The number of esters is 1. The number of nitrogens with one attached hydrogen (secondary N) is 2. The SMILES string of the molecule is Cc1ccc(S(=O)(=O)N2CCC[C@@H]2C(=O)OCC(=O)NC(=O)NC(C)(C)C)cc1. The van der Waals surface area contributed by atoms with Crippen molar-refractivity contribution in [2.24, 2.45) is 0 Å². The summed E-state index contributed by atoms with van der Waals surface area (Å²) in [7, 11) is -3.86. The third-order valence-corrected chi connectivity index (χ3v) is 6.11. The van der Waals surface area contributed by atoms with Crippen LogP contribution in [-0.4, -0.2) is 55.4 Å². The van der Waals surface area contributed by atoms with Crippen LogP contribution in [0.25, 0.3) is 0 Å². The lowest BCUT2D eigenvalue weighted by molar-refractivity contribution is -0.151. The second-order valence-electron chi connectivity index (χ2n) is 7.95. The molecule has 1 aliphatic rings. The lowest BCUT2D eigenvalue weighted by Crippen LogP contribution is -2.49. The highest BCUT2D eigenvalue weighted by molar-refractivity contribution is 7.89. The zero-order valence-corrected chi connectivity index (χ0v) is 17.8. The lowest BCUT2D eigenvalue weighted by Gasteiger charge is -2.23. The van der Waals surface area contributed by atoms with Crippen molar-refractivity contribution in [3.63, 3.8) is 0 Å². The number of hydrogen-bond donors (Lipinski definition) is 2. The summed E-state index contributed by atoms with van der Waals surface area (Å²) in [6.45, 7) is 6.61. The molecule has 0 radical (unpaired) electrons. The van der Waals surface area contributed by atoms with Gasteiger partial charge >= 0.3 is 12.0 Å². The fourth-order valence-corrected chi connectivity index (χ4v) is 4.52. The van der Waals surface area contributed by atoms with Gasteiger partial charge in [-0.3, -0.25) is 14.9 Å². The number of ether oxygens (including phenoxy) is 1. The predicted molar refractivity (Wildman–Crippen MR) is 105 cm³/mol. The van der Waals surface area contributed by atoms with E-state index in [4.69, 9.17) is 4.74 Å². The highest BCUT2D eigenvalue weighted by Crippen LogP contribution is 2.27. The van der Waals surface area contributed by atoms with Crippen LogP contribution in [0, 0.1) is 6.92 Å². The first-order valence-corrected chi connectivity index (χ1v) is 10.7. The van der Waals surface area contributed by atoms with Gasteiger partial charge in [-0.05, 0) is 52.7 Å². The third-order valence-electron chi connectivity index (χ3n) is 4.19. The minimum absolute atomic E-state index is 0.0967. The Bertz CT molecular complexity index is 874. The van der Waals surface area contributed by atoms with Crippen LogP contribution < -0.4 is 10.6 Å². The van der Waals surface area contributed by atoms with E-state index >= 15 is 0 Å². The minimum atomic E-state index is -3.86. The number of benzene rings is 1. The van der Waals surface area contributed by atoms with Crippen LogP contribution in [0.2, 0.25) is 0 Å². The zero-order valence-electron chi connectivity index (χ0n) is 17.0. The van der Waals surface area contributed by atoms with E-state index in [1.807, 2.05) is 6.92 Å². The molecule has 1 aromatic carbocycles. The van der Waals surface area contributed by atoms with E-state index in [1.165, 1.54) is 12.1 Å². The van der Waals surface area contributed by atoms with Crippen LogP contribution in [0.5, 0.6) is 0 Å². The molecular formula is C19H27N3O6S. The standard InChI is InChI=1S/C19H27N3O6S/c1-13-7-9-14(10-8-13)29(26,27)22-11-5-6-15(22)17(24)28-12-16(23)20-18(25)21-19(2,3)4/h7-10,15H,5-6,11-12H2,1-4H3,(H2,20,21,23,25)/t15-/m1/s1. The summed E-state index contributed by atoms with van der Waals surface area (Å²) in [6.07, 6.45) is 0.807. The molecule has 1 saturated heterocycles. The van der Waals surface area contributed by atoms with Gasteiger partial charge in [0.25, 0.3) is 5.91 Å². The topological polar surface area (TPSA) is 122 Å². The molecule has 0 spiro atoms. The van der Waals surface area contributed by atoms with Gasteiger partial charge in [0.05, 0.1) is 4.90 Å². The van der Waals surface area contributed by atoms with Gasteiger partial charge in [-0.25, -0.2) is 13.2 Å². The second kappa shape index (κ2) is 8.91. The number of nitrogens with zero attached hydrogens (tertiary/aromatic N) is 1. The van der Waals surface area contributed by atoms with Crippen LogP contribution in [-0.2, 0) is 24.3 Å². The summed E-state index contributed by atoms with van der Waals surface area (Å²) in [6, 6.07) is 4.65. The zero-order chi connectivity index (χ0) is 21.8. The maximum absolute atomic E-state index is 12.9. The number of carbonyl (C=O) groups is 3. The molecule has 1 atom stereocenters. The number of urea groups is 1. The number of sulfonamides is 1. The van der Waals surface area contributed by atoms with Crippen LogP contribution in [0.4, 0.5) is 4.79 Å². The summed E-state index contributed by atoms with van der Waals surface area (Å²) in [4.78, 5) is 36.0. The minimum Gasteiger partial charge on any atom is -0.454 e. The van der Waals surface area contributed by atoms with E-state index in [-0.39, 0.29) is 11.4 Å². The highest BCUT2D eigenvalue weighted by Gasteiger charge is 2.40. The Morgan fingerprint density at radius 1 is 1.17 bits per heavy atom. The summed E-state index contributed by atoms with van der Waals surface area (Å²) < 4.78 is 31.8. The van der Waals surface area contributed by atoms with Crippen molar-refractivity contribution in [1.29, 1.82) is 0 Å². The van der Waals surface area contributed by atoms with Gasteiger partial charge < -0.3 is 10.1 Å². The third kappa shape index (κ3) is 6.26. The van der Waals surface area contributed by atoms with Crippen molar-refractivity contribution in [2.75, 3.05) is 13.2 Å². The van der Waals surface area contributed by atoms with Gasteiger partial charge in [0.15, 0.2) is 6.61 Å². The molecule has 160 valence electrons. The van der Waals surface area contributed by atoms with Gasteiger partial charge in [0, 0.05) is 12.1 Å². The van der Waals surface area contributed by atoms with Crippen molar-refractivity contribution in [3.8, 4) is 0 Å². The summed E-state index contributed by atoms with van der Waals surface area (Å²) >= 11 is 0. The van der Waals surface area contributed by atoms with Gasteiger partial charge in [-0.1, -0.05) is 17.7 Å². The number of amides is 3. The molecule has 0 unspecified atom stereocenters. The molecule has 10 heteroatoms. The van der Waals surface area contributed by atoms with Gasteiger partial charge in [-0.2, -0.15) is 4.31 Å². The average Bonchev–Trinajstić information content (AvgIpc) is 3.09. The van der Waals surface area contributed by atoms with E-state index in [2.05, 4.69) is 10.6 Å². The summed E-state index contributed by atoms with van der Waals surface area (Å²) in [5.74, 6) is -1.62. The van der Waals surface area contributed by atoms with Crippen molar-refractivity contribution in [1.82, 2.24) is 14.9 Å². The van der Waals surface area contributed by atoms with Crippen molar-refractivity contribution >= 4 is 27.9 Å². The number of imide groups is 1. The van der Waals surface area contributed by atoms with Crippen LogP contribution >= 0.6 is 0 Å². The van der Waals surface area contributed by atoms with Crippen LogP contribution in [0.15, 0.2) is 29.2 Å². The van der Waals surface area contributed by atoms with E-state index in [0.717, 1.165) is 9.87 Å². The Balaban J connectivity index is 1.97. The first kappa shape index (κ1) is 22.8. The van der Waals surface area contributed by atoms with Crippen LogP contribution in [0.3, 0.4) is 0 Å². The quantitative estimate of drug-likeness (QED) is 0.686. The van der Waals surface area contributed by atoms with E-state index in [0.29, 0.717) is 12.8 Å². The monoisotopic (exact) mass is 425 g/mol. The molecule has 9 nitrogen and oxygen atoms in total. The molecule has 0 aromatic heterocycles. The first-order valence-electron chi connectivity index (χ1n) is 9.27. The number of carbonyl (C=O) groups excluding carboxylic acids is 3. The van der Waals surface area contributed by atoms with Crippen LogP contribution in [0.1, 0.15) is 39.2 Å². The van der Waals surface area contributed by atoms with Gasteiger partial charge in [-0.15, -0.1) is 0 Å². The maximum Gasteiger partial charge on any atom is 0.324 e. The molecule has 0 saturated carbocycles. The molecule has 2 N–H and O–H groups in total. The summed E-state index contributed by atoms with van der Waals surface area (Å²) in [5.41, 5.74) is 0.387.